The van der Waals surface area contributed by atoms with Gasteiger partial charge in [-0.1, -0.05) is 65.7 Å². The fourth-order valence-electron chi connectivity index (χ4n) is 6.29. The summed E-state index contributed by atoms with van der Waals surface area (Å²) in [5.41, 5.74) is 2.78. The average Bonchev–Trinajstić information content (AvgIpc) is 3.05. The van der Waals surface area contributed by atoms with Gasteiger partial charge in [0.15, 0.2) is 0 Å². The first-order valence-electron chi connectivity index (χ1n) is 18.2. The summed E-state index contributed by atoms with van der Waals surface area (Å²) in [6.07, 6.45) is 9.92. The van der Waals surface area contributed by atoms with Crippen LogP contribution in [0.2, 0.25) is 0 Å². The van der Waals surface area contributed by atoms with Gasteiger partial charge in [0.25, 0.3) is 6.69 Å². The standard InChI is InChI=1S/C35H66BN5O4S2/c1-10-32(45-24-29(6)33(43)26(2)3)13-11-12-27(4)23-37-38-34(44)28(5)22-30(7)35(8,9)46-47-36-41-20-18-40(19-21-41)31-14-16-39(25-42)17-15-31/h23,25-32,36H,10-22,24H2,1-9H3,(H,38,44)/b37-23+. The van der Waals surface area contributed by atoms with Crippen LogP contribution in [0.5, 0.6) is 0 Å². The number of piperidine rings is 1. The summed E-state index contributed by atoms with van der Waals surface area (Å²) in [7, 11) is 3.88. The summed E-state index contributed by atoms with van der Waals surface area (Å²) >= 11 is 0. The van der Waals surface area contributed by atoms with E-state index in [-0.39, 0.29) is 46.2 Å². The minimum Gasteiger partial charge on any atom is -0.377 e. The number of carbonyl (C=O) groups is 3. The van der Waals surface area contributed by atoms with Crippen LogP contribution in [0.25, 0.3) is 0 Å². The Hall–Kier alpha value is -1.08. The summed E-state index contributed by atoms with van der Waals surface area (Å²) in [5, 5.41) is 4.29. The van der Waals surface area contributed by atoms with E-state index in [1.54, 1.807) is 0 Å². The lowest BCUT2D eigenvalue weighted by Gasteiger charge is -2.42. The topological polar surface area (TPSA) is 94.6 Å². The molecule has 5 unspecified atom stereocenters. The van der Waals surface area contributed by atoms with E-state index in [1.165, 1.54) is 0 Å². The van der Waals surface area contributed by atoms with Crippen molar-refractivity contribution < 1.29 is 19.1 Å². The number of likely N-dealkylation sites (tertiary alicyclic amines) is 1. The van der Waals surface area contributed by atoms with Crippen LogP contribution in [-0.4, -0.2) is 108 Å². The minimum absolute atomic E-state index is 0.0204. The van der Waals surface area contributed by atoms with Crippen LogP contribution >= 0.6 is 21.4 Å². The Labute approximate surface area is 295 Å². The van der Waals surface area contributed by atoms with Gasteiger partial charge in [0.2, 0.25) is 12.3 Å². The molecule has 0 aromatic rings. The number of carbonyl (C=O) groups excluding carboxylic acids is 3. The molecule has 0 aromatic heterocycles. The van der Waals surface area contributed by atoms with Gasteiger partial charge in [-0.05, 0) is 64.2 Å². The van der Waals surface area contributed by atoms with Gasteiger partial charge in [-0.3, -0.25) is 19.3 Å². The maximum Gasteiger partial charge on any atom is 0.286 e. The minimum atomic E-state index is -0.110. The molecule has 0 saturated carbocycles. The van der Waals surface area contributed by atoms with Crippen LogP contribution in [-0.2, 0) is 19.1 Å². The van der Waals surface area contributed by atoms with Crippen molar-refractivity contribution in [1.29, 1.82) is 0 Å². The molecule has 2 heterocycles. The number of ether oxygens (including phenoxy) is 1. The predicted octanol–water partition coefficient (Wildman–Crippen LogP) is 5.88. The number of piperazine rings is 1. The van der Waals surface area contributed by atoms with Crippen molar-refractivity contribution in [2.45, 2.75) is 124 Å². The number of nitrogens with zero attached hydrogens (tertiary/aromatic N) is 4. The number of rotatable bonds is 22. The summed E-state index contributed by atoms with van der Waals surface area (Å²) in [6.45, 7) is 26.7. The molecule has 270 valence electrons. The molecule has 0 radical (unpaired) electrons. The molecule has 47 heavy (non-hydrogen) atoms. The second-order valence-electron chi connectivity index (χ2n) is 15.0. The lowest BCUT2D eigenvalue weighted by molar-refractivity contribution is -0.128. The van der Waals surface area contributed by atoms with E-state index in [1.807, 2.05) is 60.2 Å². The van der Waals surface area contributed by atoms with Crippen molar-refractivity contribution in [3.8, 4) is 0 Å². The zero-order chi connectivity index (χ0) is 35.0. The molecular weight excluding hydrogens is 629 g/mol. The SMILES string of the molecule is CCC(CCCC(C)/C=N/NC(=O)C(C)CC(C)C(C)(C)SSBN1CCN(C2CCN(C=O)CC2)CC1)OCC(C)C(=O)C(C)C. The first kappa shape index (κ1) is 42.1. The van der Waals surface area contributed by atoms with Gasteiger partial charge in [0.1, 0.15) is 5.78 Å². The molecule has 0 aromatic carbocycles. The molecule has 2 fully saturated rings. The molecule has 0 aliphatic carbocycles. The zero-order valence-electron chi connectivity index (χ0n) is 31.0. The van der Waals surface area contributed by atoms with E-state index >= 15 is 0 Å². The highest BCUT2D eigenvalue weighted by Gasteiger charge is 2.31. The van der Waals surface area contributed by atoms with Crippen molar-refractivity contribution in [1.82, 2.24) is 20.0 Å². The number of nitrogens with one attached hydrogen (secondary N) is 1. The lowest BCUT2D eigenvalue weighted by atomic mass is 9.87. The van der Waals surface area contributed by atoms with Crippen LogP contribution in [0, 0.1) is 29.6 Å². The van der Waals surface area contributed by atoms with Crippen LogP contribution < -0.4 is 5.43 Å². The Morgan fingerprint density at radius 1 is 1.00 bits per heavy atom. The number of ketones is 1. The van der Waals surface area contributed by atoms with Gasteiger partial charge in [-0.15, -0.1) is 10.6 Å². The van der Waals surface area contributed by atoms with E-state index < -0.39 is 0 Å². The van der Waals surface area contributed by atoms with Gasteiger partial charge in [-0.2, -0.15) is 5.10 Å². The summed E-state index contributed by atoms with van der Waals surface area (Å²) in [6, 6.07) is 0.622. The second-order valence-corrected chi connectivity index (χ2v) is 17.9. The third-order valence-corrected chi connectivity index (χ3v) is 13.6. The van der Waals surface area contributed by atoms with Crippen LogP contribution in [0.1, 0.15) is 107 Å². The van der Waals surface area contributed by atoms with Gasteiger partial charge >= 0.3 is 0 Å². The third-order valence-electron chi connectivity index (χ3n) is 10.2. The van der Waals surface area contributed by atoms with Gasteiger partial charge < -0.3 is 14.4 Å². The van der Waals surface area contributed by atoms with E-state index in [0.29, 0.717) is 18.6 Å². The van der Waals surface area contributed by atoms with Gasteiger partial charge in [-0.25, -0.2) is 5.43 Å². The highest BCUT2D eigenvalue weighted by molar-refractivity contribution is 8.85. The summed E-state index contributed by atoms with van der Waals surface area (Å²) in [4.78, 5) is 43.1. The Bertz CT molecular complexity index is 958. The quantitative estimate of drug-likeness (QED) is 0.0494. The Balaban J connectivity index is 1.61. The molecule has 5 atom stereocenters. The number of hydrogen-bond acceptors (Lipinski definition) is 9. The monoisotopic (exact) mass is 695 g/mol. The largest absolute Gasteiger partial charge is 0.377 e. The molecule has 2 rings (SSSR count). The molecule has 0 bridgehead atoms. The number of hydrogen-bond donors (Lipinski definition) is 1. The number of Topliss-reactive ketones (excluding diaryl/α,β-unsaturated/α-hetero) is 1. The third kappa shape index (κ3) is 15.6. The normalized spacial score (nSPS) is 20.6. The molecule has 0 spiro atoms. The van der Waals surface area contributed by atoms with Crippen molar-refractivity contribution in [3.63, 3.8) is 0 Å². The van der Waals surface area contributed by atoms with Crippen molar-refractivity contribution in [2.24, 2.45) is 34.7 Å². The van der Waals surface area contributed by atoms with Crippen molar-refractivity contribution >= 4 is 52.4 Å². The first-order valence-corrected chi connectivity index (χ1v) is 20.5. The van der Waals surface area contributed by atoms with Crippen LogP contribution in [0.3, 0.4) is 0 Å². The zero-order valence-corrected chi connectivity index (χ0v) is 32.7. The number of hydrazone groups is 1. The van der Waals surface area contributed by atoms with Crippen LogP contribution in [0.4, 0.5) is 0 Å². The summed E-state index contributed by atoms with van der Waals surface area (Å²) < 4.78 is 6.10. The number of amides is 2. The predicted molar refractivity (Wildman–Crippen MR) is 202 cm³/mol. The Morgan fingerprint density at radius 2 is 1.66 bits per heavy atom. The summed E-state index contributed by atoms with van der Waals surface area (Å²) in [5.74, 6) is 0.757. The fraction of sp³-hybridized carbons (Fsp3) is 0.886. The second kappa shape index (κ2) is 21.9. The highest BCUT2D eigenvalue weighted by Crippen LogP contribution is 2.42. The van der Waals surface area contributed by atoms with Crippen molar-refractivity contribution in [3.05, 3.63) is 0 Å². The lowest BCUT2D eigenvalue weighted by Crippen LogP contribution is -2.53. The molecule has 2 saturated heterocycles. The Kier molecular flexibility index (Phi) is 19.6. The van der Waals surface area contributed by atoms with Crippen molar-refractivity contribution in [2.75, 3.05) is 45.9 Å². The maximum absolute atomic E-state index is 12.8. The van der Waals surface area contributed by atoms with Gasteiger partial charge in [0.05, 0.1) is 12.7 Å². The van der Waals surface area contributed by atoms with Gasteiger partial charge in [0, 0.05) is 74.0 Å². The van der Waals surface area contributed by atoms with E-state index in [2.05, 4.69) is 54.9 Å². The van der Waals surface area contributed by atoms with E-state index in [4.69, 9.17) is 4.74 Å². The fourth-order valence-corrected chi connectivity index (χ4v) is 9.32. The van der Waals surface area contributed by atoms with E-state index in [9.17, 15) is 14.4 Å². The molecule has 2 amide bonds. The molecule has 12 heteroatoms. The molecule has 2 aliphatic heterocycles. The molecule has 9 nitrogen and oxygen atoms in total. The smallest absolute Gasteiger partial charge is 0.286 e. The Morgan fingerprint density at radius 3 is 2.26 bits per heavy atom. The first-order chi connectivity index (χ1) is 22.3. The molecule has 1 N–H and O–H groups in total. The molecule has 2 aliphatic rings. The maximum atomic E-state index is 12.8. The average molecular weight is 696 g/mol. The van der Waals surface area contributed by atoms with Crippen LogP contribution in [0.15, 0.2) is 5.10 Å². The highest BCUT2D eigenvalue weighted by atomic mass is 33.1. The van der Waals surface area contributed by atoms with E-state index in [0.717, 1.165) is 97.3 Å². The molecular formula is C35H66BN5O4S2.